The van der Waals surface area contributed by atoms with Crippen molar-refractivity contribution in [3.8, 4) is 5.75 Å². The predicted molar refractivity (Wildman–Crippen MR) is 93.3 cm³/mol. The maximum atomic E-state index is 13.1. The van der Waals surface area contributed by atoms with Gasteiger partial charge in [-0.25, -0.2) is 14.7 Å². The third kappa shape index (κ3) is 2.32. The Morgan fingerprint density at radius 1 is 1.23 bits per heavy atom. The smallest absolute Gasteiger partial charge is 0.373 e. The summed E-state index contributed by atoms with van der Waals surface area (Å²) in [5, 5.41) is 0.637. The zero-order chi connectivity index (χ0) is 18.5. The van der Waals surface area contributed by atoms with Gasteiger partial charge in [-0.3, -0.25) is 4.79 Å². The number of pyridine rings is 1. The van der Waals surface area contributed by atoms with Crippen LogP contribution in [-0.4, -0.2) is 29.7 Å². The van der Waals surface area contributed by atoms with Crippen molar-refractivity contribution in [2.45, 2.75) is 19.6 Å². The van der Waals surface area contributed by atoms with E-state index in [4.69, 9.17) is 13.9 Å². The van der Waals surface area contributed by atoms with E-state index in [0.717, 1.165) is 0 Å². The topological polar surface area (TPSA) is 81.9 Å². The first-order valence-electron chi connectivity index (χ1n) is 8.02. The lowest BCUT2D eigenvalue weighted by atomic mass is 10.1. The van der Waals surface area contributed by atoms with E-state index in [-0.39, 0.29) is 17.5 Å². The average molecular weight is 352 g/mol. The van der Waals surface area contributed by atoms with Crippen LogP contribution < -0.4 is 9.64 Å². The zero-order valence-electron chi connectivity index (χ0n) is 14.5. The highest BCUT2D eigenvalue weighted by molar-refractivity contribution is 6.12. The number of para-hydroxylation sites is 1. The van der Waals surface area contributed by atoms with E-state index in [1.54, 1.807) is 50.4 Å². The Balaban J connectivity index is 1.90. The molecular weight excluding hydrogens is 336 g/mol. The fourth-order valence-corrected chi connectivity index (χ4v) is 3.07. The van der Waals surface area contributed by atoms with Crippen molar-refractivity contribution in [3.63, 3.8) is 0 Å². The number of hydrogen-bond donors (Lipinski definition) is 0. The van der Waals surface area contributed by atoms with Gasteiger partial charge in [0, 0.05) is 11.6 Å². The van der Waals surface area contributed by atoms with Gasteiger partial charge >= 0.3 is 5.97 Å². The molecule has 0 fully saturated rings. The molecule has 3 aromatic rings. The molecule has 0 saturated carbocycles. The molecule has 132 valence electrons. The highest BCUT2D eigenvalue weighted by Crippen LogP contribution is 2.39. The van der Waals surface area contributed by atoms with Gasteiger partial charge in [-0.1, -0.05) is 12.1 Å². The number of carbonyl (C=O) groups is 2. The maximum Gasteiger partial charge on any atom is 0.373 e. The number of carbonyl (C=O) groups excluding carboxylic acids is 2. The van der Waals surface area contributed by atoms with E-state index in [9.17, 15) is 9.59 Å². The summed E-state index contributed by atoms with van der Waals surface area (Å²) in [7, 11) is 1.27. The summed E-state index contributed by atoms with van der Waals surface area (Å²) >= 11 is 0. The van der Waals surface area contributed by atoms with Crippen LogP contribution in [0, 0.1) is 0 Å². The van der Waals surface area contributed by atoms with Crippen molar-refractivity contribution in [2.75, 3.05) is 12.0 Å². The lowest BCUT2D eigenvalue weighted by molar-refractivity contribution is 0.0567. The van der Waals surface area contributed by atoms with Crippen LogP contribution in [0.5, 0.6) is 5.75 Å². The number of hydrogen-bond acceptors (Lipinski definition) is 6. The Morgan fingerprint density at radius 2 is 2.00 bits per heavy atom. The van der Waals surface area contributed by atoms with Gasteiger partial charge < -0.3 is 13.9 Å². The Bertz CT molecular complexity index is 1040. The normalized spacial score (nSPS) is 15.5. The summed E-state index contributed by atoms with van der Waals surface area (Å²) in [5.41, 5.74) is -0.243. The SMILES string of the molecule is COC(=O)c1cc2ccnc(N3C(=O)c4ccccc4OC3(C)C)c2o1. The molecule has 0 bridgehead atoms. The first kappa shape index (κ1) is 16.1. The van der Waals surface area contributed by atoms with Crippen molar-refractivity contribution in [3.05, 3.63) is 53.9 Å². The van der Waals surface area contributed by atoms with E-state index in [0.29, 0.717) is 22.3 Å². The third-order valence-electron chi connectivity index (χ3n) is 4.23. The maximum absolute atomic E-state index is 13.1. The lowest BCUT2D eigenvalue weighted by Gasteiger charge is -2.41. The number of fused-ring (bicyclic) bond motifs is 2. The van der Waals surface area contributed by atoms with Gasteiger partial charge in [0.2, 0.25) is 5.76 Å². The van der Waals surface area contributed by atoms with Gasteiger partial charge in [0.15, 0.2) is 17.1 Å². The van der Waals surface area contributed by atoms with Crippen molar-refractivity contribution in [2.24, 2.45) is 0 Å². The van der Waals surface area contributed by atoms with Crippen LogP contribution in [0.2, 0.25) is 0 Å². The first-order chi connectivity index (χ1) is 12.4. The monoisotopic (exact) mass is 352 g/mol. The minimum absolute atomic E-state index is 0.0420. The third-order valence-corrected chi connectivity index (χ3v) is 4.23. The molecule has 0 atom stereocenters. The lowest BCUT2D eigenvalue weighted by Crippen LogP contribution is -2.55. The van der Waals surface area contributed by atoms with Gasteiger partial charge in [0.05, 0.1) is 12.7 Å². The predicted octanol–water partition coefficient (Wildman–Crippen LogP) is 3.39. The second kappa shape index (κ2) is 5.59. The largest absolute Gasteiger partial charge is 0.467 e. The van der Waals surface area contributed by atoms with Crippen LogP contribution >= 0.6 is 0 Å². The number of benzene rings is 1. The number of methoxy groups -OCH3 is 1. The summed E-state index contributed by atoms with van der Waals surface area (Å²) in [6, 6.07) is 10.3. The Morgan fingerprint density at radius 3 is 2.77 bits per heavy atom. The minimum Gasteiger partial charge on any atom is -0.467 e. The van der Waals surface area contributed by atoms with E-state index in [1.165, 1.54) is 12.0 Å². The molecule has 1 amide bonds. The van der Waals surface area contributed by atoms with Crippen LogP contribution in [0.1, 0.15) is 34.8 Å². The molecular formula is C19H16N2O5. The Hall–Kier alpha value is -3.35. The van der Waals surface area contributed by atoms with Crippen molar-refractivity contribution < 1.29 is 23.5 Å². The molecule has 0 saturated heterocycles. The quantitative estimate of drug-likeness (QED) is 0.658. The molecule has 1 aliphatic rings. The molecule has 2 aromatic heterocycles. The molecule has 4 rings (SSSR count). The van der Waals surface area contributed by atoms with Crippen LogP contribution in [0.15, 0.2) is 47.0 Å². The van der Waals surface area contributed by atoms with Crippen molar-refractivity contribution in [1.82, 2.24) is 4.98 Å². The second-order valence-corrected chi connectivity index (χ2v) is 6.34. The highest BCUT2D eigenvalue weighted by atomic mass is 16.5. The molecule has 1 aliphatic heterocycles. The fraction of sp³-hybridized carbons (Fsp3) is 0.211. The molecule has 0 aliphatic carbocycles. The summed E-state index contributed by atoms with van der Waals surface area (Å²) < 4.78 is 16.4. The fourth-order valence-electron chi connectivity index (χ4n) is 3.07. The highest BCUT2D eigenvalue weighted by Gasteiger charge is 2.42. The van der Waals surface area contributed by atoms with Crippen molar-refractivity contribution in [1.29, 1.82) is 0 Å². The first-order valence-corrected chi connectivity index (χ1v) is 8.02. The summed E-state index contributed by atoms with van der Waals surface area (Å²) in [5.74, 6) is -0.0195. The Kier molecular flexibility index (Phi) is 3.47. The minimum atomic E-state index is -0.995. The number of nitrogens with zero attached hydrogens (tertiary/aromatic N) is 2. The number of anilines is 1. The molecule has 0 spiro atoms. The average Bonchev–Trinajstić information content (AvgIpc) is 3.05. The van der Waals surface area contributed by atoms with E-state index < -0.39 is 11.7 Å². The molecule has 7 nitrogen and oxygen atoms in total. The molecule has 0 radical (unpaired) electrons. The van der Waals surface area contributed by atoms with Crippen LogP contribution in [0.4, 0.5) is 5.82 Å². The van der Waals surface area contributed by atoms with Gasteiger partial charge in [0.1, 0.15) is 5.75 Å². The molecule has 3 heterocycles. The number of aromatic nitrogens is 1. The summed E-state index contributed by atoms with van der Waals surface area (Å²) in [6.45, 7) is 3.54. The number of rotatable bonds is 2. The van der Waals surface area contributed by atoms with Gasteiger partial charge in [0.25, 0.3) is 5.91 Å². The standard InChI is InChI=1S/C19H16N2O5/c1-19(2)21(17(22)12-6-4-5-7-13(12)26-19)16-15-11(8-9-20-16)10-14(25-15)18(23)24-3/h4-10H,1-3H3. The Labute approximate surface area is 149 Å². The summed E-state index contributed by atoms with van der Waals surface area (Å²) in [4.78, 5) is 30.7. The van der Waals surface area contributed by atoms with Crippen LogP contribution in [-0.2, 0) is 4.74 Å². The van der Waals surface area contributed by atoms with Crippen LogP contribution in [0.25, 0.3) is 11.0 Å². The van der Waals surface area contributed by atoms with Gasteiger partial charge in [-0.05, 0) is 38.1 Å². The number of amides is 1. The van der Waals surface area contributed by atoms with Crippen molar-refractivity contribution >= 4 is 28.7 Å². The summed E-state index contributed by atoms with van der Waals surface area (Å²) in [6.07, 6.45) is 1.55. The van der Waals surface area contributed by atoms with Gasteiger partial charge in [-0.15, -0.1) is 0 Å². The number of ether oxygens (including phenoxy) is 2. The molecule has 26 heavy (non-hydrogen) atoms. The molecule has 0 unspecified atom stereocenters. The molecule has 0 N–H and O–H groups in total. The van der Waals surface area contributed by atoms with Crippen LogP contribution in [0.3, 0.4) is 0 Å². The van der Waals surface area contributed by atoms with E-state index >= 15 is 0 Å². The molecule has 7 heteroatoms. The van der Waals surface area contributed by atoms with E-state index in [1.807, 2.05) is 6.07 Å². The number of esters is 1. The second-order valence-electron chi connectivity index (χ2n) is 6.34. The van der Waals surface area contributed by atoms with Gasteiger partial charge in [-0.2, -0.15) is 0 Å². The number of furan rings is 1. The van der Waals surface area contributed by atoms with E-state index in [2.05, 4.69) is 4.98 Å². The molecule has 1 aromatic carbocycles. The zero-order valence-corrected chi connectivity index (χ0v) is 14.5.